The lowest BCUT2D eigenvalue weighted by molar-refractivity contribution is 0.102. The molecule has 0 N–H and O–H groups in total. The van der Waals surface area contributed by atoms with Gasteiger partial charge in [0.25, 0.3) is 0 Å². The van der Waals surface area contributed by atoms with Crippen molar-refractivity contribution in [2.45, 2.75) is 5.16 Å². The maximum atomic E-state index is 12.4. The average molecular weight is 339 g/mol. The van der Waals surface area contributed by atoms with E-state index in [0.29, 0.717) is 22.2 Å². The van der Waals surface area contributed by atoms with E-state index in [1.165, 1.54) is 11.8 Å². The molecule has 2 heterocycles. The molecule has 0 atom stereocenters. The molecule has 24 heavy (non-hydrogen) atoms. The van der Waals surface area contributed by atoms with Gasteiger partial charge in [-0.2, -0.15) is 0 Å². The minimum atomic E-state index is 0.000844. The second kappa shape index (κ2) is 6.37. The first-order valence-electron chi connectivity index (χ1n) is 7.32. The fraction of sp³-hybridized carbons (Fsp3) is 0.118. The summed E-state index contributed by atoms with van der Waals surface area (Å²) in [6.07, 6.45) is 1.64. The summed E-state index contributed by atoms with van der Waals surface area (Å²) in [5.41, 5.74) is 1.55. The lowest BCUT2D eigenvalue weighted by Gasteiger charge is -2.06. The number of hydrogen-bond donors (Lipinski definition) is 0. The van der Waals surface area contributed by atoms with Crippen LogP contribution in [0.2, 0.25) is 0 Å². The van der Waals surface area contributed by atoms with Crippen molar-refractivity contribution >= 4 is 17.5 Å². The number of ketones is 1. The number of rotatable bonds is 5. The zero-order chi connectivity index (χ0) is 16.4. The van der Waals surface area contributed by atoms with Crippen LogP contribution in [0.3, 0.4) is 0 Å². The molecule has 120 valence electrons. The smallest absolute Gasteiger partial charge is 0.231 e. The standard InChI is InChI=1S/C17H13N3O3S/c21-14(12-6-7-15-16(8-12)23-11-22-15)9-24-17-19-18-10-20(17)13-4-2-1-3-5-13/h1-8,10H,9,11H2. The number of para-hydroxylation sites is 1. The van der Waals surface area contributed by atoms with Gasteiger partial charge in [-0.1, -0.05) is 30.0 Å². The topological polar surface area (TPSA) is 66.2 Å². The maximum Gasteiger partial charge on any atom is 0.231 e. The first-order valence-corrected chi connectivity index (χ1v) is 8.31. The summed E-state index contributed by atoms with van der Waals surface area (Å²) < 4.78 is 12.4. The quantitative estimate of drug-likeness (QED) is 0.526. The molecule has 2 aromatic carbocycles. The summed E-state index contributed by atoms with van der Waals surface area (Å²) in [7, 11) is 0. The number of Topliss-reactive ketones (excluding diaryl/α,β-unsaturated/α-hetero) is 1. The monoisotopic (exact) mass is 339 g/mol. The molecule has 0 aliphatic carbocycles. The van der Waals surface area contributed by atoms with E-state index in [1.807, 2.05) is 34.9 Å². The molecule has 0 spiro atoms. The van der Waals surface area contributed by atoms with Crippen molar-refractivity contribution in [3.8, 4) is 17.2 Å². The molecule has 0 amide bonds. The van der Waals surface area contributed by atoms with Gasteiger partial charge in [0.05, 0.1) is 5.75 Å². The van der Waals surface area contributed by atoms with E-state index in [-0.39, 0.29) is 18.3 Å². The molecule has 0 unspecified atom stereocenters. The summed E-state index contributed by atoms with van der Waals surface area (Å²) in [4.78, 5) is 12.4. The lowest BCUT2D eigenvalue weighted by Crippen LogP contribution is -2.04. The van der Waals surface area contributed by atoms with Crippen LogP contribution in [0.4, 0.5) is 0 Å². The molecule has 1 aromatic heterocycles. The number of thioether (sulfide) groups is 1. The molecule has 0 saturated heterocycles. The van der Waals surface area contributed by atoms with Crippen molar-refractivity contribution in [1.82, 2.24) is 14.8 Å². The second-order valence-corrected chi connectivity index (χ2v) is 6.04. The zero-order valence-electron chi connectivity index (χ0n) is 12.6. The normalized spacial score (nSPS) is 12.3. The van der Waals surface area contributed by atoms with Gasteiger partial charge in [-0.15, -0.1) is 10.2 Å². The van der Waals surface area contributed by atoms with Crippen LogP contribution in [0.1, 0.15) is 10.4 Å². The highest BCUT2D eigenvalue weighted by atomic mass is 32.2. The minimum absolute atomic E-state index is 0.000844. The summed E-state index contributed by atoms with van der Waals surface area (Å²) in [5.74, 6) is 1.55. The molecule has 3 aromatic rings. The third-order valence-electron chi connectivity index (χ3n) is 3.58. The number of carbonyl (C=O) groups is 1. The van der Waals surface area contributed by atoms with Gasteiger partial charge in [0.15, 0.2) is 22.4 Å². The highest BCUT2D eigenvalue weighted by Gasteiger charge is 2.17. The Balaban J connectivity index is 1.48. The summed E-state index contributed by atoms with van der Waals surface area (Å²) >= 11 is 1.35. The fourth-order valence-electron chi connectivity index (χ4n) is 2.37. The van der Waals surface area contributed by atoms with Crippen molar-refractivity contribution in [3.63, 3.8) is 0 Å². The van der Waals surface area contributed by atoms with Crippen LogP contribution < -0.4 is 9.47 Å². The van der Waals surface area contributed by atoms with Crippen LogP contribution in [0.25, 0.3) is 5.69 Å². The van der Waals surface area contributed by atoms with Gasteiger partial charge in [-0.05, 0) is 30.3 Å². The highest BCUT2D eigenvalue weighted by molar-refractivity contribution is 7.99. The molecular formula is C17H13N3O3S. The Morgan fingerprint density at radius 3 is 2.83 bits per heavy atom. The number of benzene rings is 2. The van der Waals surface area contributed by atoms with Crippen molar-refractivity contribution < 1.29 is 14.3 Å². The third kappa shape index (κ3) is 2.85. The summed E-state index contributed by atoms with van der Waals surface area (Å²) in [6, 6.07) is 15.0. The molecule has 0 saturated carbocycles. The number of aromatic nitrogens is 3. The molecule has 6 nitrogen and oxygen atoms in total. The first kappa shape index (κ1) is 14.8. The molecule has 7 heteroatoms. The third-order valence-corrected chi connectivity index (χ3v) is 4.52. The van der Waals surface area contributed by atoms with Crippen LogP contribution in [-0.2, 0) is 0 Å². The van der Waals surface area contributed by atoms with Gasteiger partial charge < -0.3 is 9.47 Å². The number of fused-ring (bicyclic) bond motifs is 1. The Hall–Kier alpha value is -2.80. The van der Waals surface area contributed by atoms with Crippen molar-refractivity contribution in [2.75, 3.05) is 12.5 Å². The molecule has 4 rings (SSSR count). The Morgan fingerprint density at radius 2 is 1.96 bits per heavy atom. The van der Waals surface area contributed by atoms with E-state index in [1.54, 1.807) is 24.5 Å². The predicted octanol–water partition coefficient (Wildman–Crippen LogP) is 2.97. The largest absolute Gasteiger partial charge is 0.454 e. The zero-order valence-corrected chi connectivity index (χ0v) is 13.4. The van der Waals surface area contributed by atoms with E-state index in [4.69, 9.17) is 9.47 Å². The maximum absolute atomic E-state index is 12.4. The molecule has 1 aliphatic rings. The van der Waals surface area contributed by atoms with Crippen molar-refractivity contribution in [3.05, 3.63) is 60.4 Å². The fourth-order valence-corrected chi connectivity index (χ4v) is 3.20. The summed E-state index contributed by atoms with van der Waals surface area (Å²) in [5, 5.41) is 8.71. The Kier molecular flexibility index (Phi) is 3.92. The minimum Gasteiger partial charge on any atom is -0.454 e. The molecule has 0 fully saturated rings. The van der Waals surface area contributed by atoms with Crippen LogP contribution in [0.5, 0.6) is 11.5 Å². The molecular weight excluding hydrogens is 326 g/mol. The number of hydrogen-bond acceptors (Lipinski definition) is 6. The van der Waals surface area contributed by atoms with Crippen LogP contribution in [-0.4, -0.2) is 33.1 Å². The van der Waals surface area contributed by atoms with Gasteiger partial charge in [0, 0.05) is 11.3 Å². The molecule has 1 aliphatic heterocycles. The van der Waals surface area contributed by atoms with E-state index in [0.717, 1.165) is 5.69 Å². The van der Waals surface area contributed by atoms with Crippen LogP contribution in [0, 0.1) is 0 Å². The van der Waals surface area contributed by atoms with Gasteiger partial charge in [-0.25, -0.2) is 0 Å². The Morgan fingerprint density at radius 1 is 1.12 bits per heavy atom. The van der Waals surface area contributed by atoms with E-state index < -0.39 is 0 Å². The average Bonchev–Trinajstić information content (AvgIpc) is 3.28. The van der Waals surface area contributed by atoms with Crippen molar-refractivity contribution in [2.24, 2.45) is 0 Å². The van der Waals surface area contributed by atoms with E-state index in [9.17, 15) is 4.79 Å². The predicted molar refractivity (Wildman–Crippen MR) is 89.0 cm³/mol. The Labute approximate surface area is 142 Å². The van der Waals surface area contributed by atoms with Gasteiger partial charge in [0.2, 0.25) is 6.79 Å². The Bertz CT molecular complexity index is 880. The number of ether oxygens (including phenoxy) is 2. The van der Waals surface area contributed by atoms with Crippen LogP contribution in [0.15, 0.2) is 60.0 Å². The van der Waals surface area contributed by atoms with Gasteiger partial charge >= 0.3 is 0 Å². The SMILES string of the molecule is O=C(CSc1nncn1-c1ccccc1)c1ccc2c(c1)OCO2. The van der Waals surface area contributed by atoms with Gasteiger partial charge in [0.1, 0.15) is 6.33 Å². The number of nitrogens with zero attached hydrogens (tertiary/aromatic N) is 3. The lowest BCUT2D eigenvalue weighted by atomic mass is 10.1. The molecule has 0 bridgehead atoms. The number of carbonyl (C=O) groups excluding carboxylic acids is 1. The van der Waals surface area contributed by atoms with Gasteiger partial charge in [-0.3, -0.25) is 9.36 Å². The highest BCUT2D eigenvalue weighted by Crippen LogP contribution is 2.33. The van der Waals surface area contributed by atoms with E-state index in [2.05, 4.69) is 10.2 Å². The second-order valence-electron chi connectivity index (χ2n) is 5.10. The molecule has 0 radical (unpaired) electrons. The van der Waals surface area contributed by atoms with E-state index >= 15 is 0 Å². The summed E-state index contributed by atoms with van der Waals surface area (Å²) in [6.45, 7) is 0.196. The first-order chi connectivity index (χ1) is 11.8. The van der Waals surface area contributed by atoms with Crippen molar-refractivity contribution in [1.29, 1.82) is 0 Å². The van der Waals surface area contributed by atoms with Crippen LogP contribution >= 0.6 is 11.8 Å².